The van der Waals surface area contributed by atoms with Crippen molar-refractivity contribution in [3.63, 3.8) is 0 Å². The van der Waals surface area contributed by atoms with Crippen LogP contribution in [0.3, 0.4) is 0 Å². The number of benzene rings is 1. The first-order chi connectivity index (χ1) is 11.6. The molecular formula is C17H20BrN3O3. The number of piperidine rings is 1. The lowest BCUT2D eigenvalue weighted by Gasteiger charge is -2.33. The summed E-state index contributed by atoms with van der Waals surface area (Å²) >= 11 is 3.49. The van der Waals surface area contributed by atoms with E-state index in [-0.39, 0.29) is 0 Å². The maximum Gasteiger partial charge on any atom is 0.240 e. The molecule has 2 fully saturated rings. The predicted molar refractivity (Wildman–Crippen MR) is 91.1 cm³/mol. The smallest absolute Gasteiger partial charge is 0.240 e. The Hall–Kier alpha value is -1.44. The van der Waals surface area contributed by atoms with E-state index in [0.29, 0.717) is 34.9 Å². The molecule has 0 spiro atoms. The van der Waals surface area contributed by atoms with Crippen LogP contribution in [-0.2, 0) is 11.3 Å². The summed E-state index contributed by atoms with van der Waals surface area (Å²) in [7, 11) is 0. The number of rotatable bonds is 3. The van der Waals surface area contributed by atoms with Gasteiger partial charge in [0.2, 0.25) is 11.4 Å². The molecule has 6 nitrogen and oxygen atoms in total. The highest BCUT2D eigenvalue weighted by Gasteiger charge is 2.35. The molecule has 0 N–H and O–H groups in total. The van der Waals surface area contributed by atoms with Gasteiger partial charge in [0.05, 0.1) is 12.6 Å². The molecule has 1 aromatic heterocycles. The Morgan fingerprint density at radius 1 is 1.42 bits per heavy atom. The summed E-state index contributed by atoms with van der Waals surface area (Å²) in [6, 6.07) is 5.84. The van der Waals surface area contributed by atoms with E-state index < -0.39 is 0 Å². The van der Waals surface area contributed by atoms with Gasteiger partial charge in [0, 0.05) is 40.8 Å². The van der Waals surface area contributed by atoms with E-state index in [9.17, 15) is 5.21 Å². The molecule has 0 aliphatic carbocycles. The van der Waals surface area contributed by atoms with Crippen molar-refractivity contribution in [1.29, 1.82) is 0 Å². The van der Waals surface area contributed by atoms with Crippen molar-refractivity contribution < 1.29 is 14.3 Å². The summed E-state index contributed by atoms with van der Waals surface area (Å²) < 4.78 is 11.7. The summed E-state index contributed by atoms with van der Waals surface area (Å²) in [5.74, 6) is 0.600. The molecule has 1 aromatic carbocycles. The van der Waals surface area contributed by atoms with Crippen molar-refractivity contribution in [2.75, 3.05) is 19.7 Å². The Bertz CT molecular complexity index is 749. The zero-order chi connectivity index (χ0) is 16.7. The Labute approximate surface area is 149 Å². The number of aryl methyl sites for hydroxylation is 1. The molecule has 2 aliphatic rings. The third-order valence-electron chi connectivity index (χ3n) is 5.05. The molecule has 24 heavy (non-hydrogen) atoms. The van der Waals surface area contributed by atoms with Gasteiger partial charge >= 0.3 is 0 Å². The first kappa shape index (κ1) is 16.1. The Balaban J connectivity index is 1.57. The van der Waals surface area contributed by atoms with Gasteiger partial charge in [-0.1, -0.05) is 15.9 Å². The van der Waals surface area contributed by atoms with Crippen molar-refractivity contribution in [2.24, 2.45) is 5.92 Å². The third kappa shape index (κ3) is 2.96. The molecule has 0 amide bonds. The first-order valence-corrected chi connectivity index (χ1v) is 9.10. The summed E-state index contributed by atoms with van der Waals surface area (Å²) in [6.45, 7) is 5.46. The van der Waals surface area contributed by atoms with Crippen LogP contribution in [0, 0.1) is 18.0 Å². The van der Waals surface area contributed by atoms with Crippen LogP contribution in [0.1, 0.15) is 24.1 Å². The van der Waals surface area contributed by atoms with Gasteiger partial charge in [-0.3, -0.25) is 9.53 Å². The second-order valence-electron chi connectivity index (χ2n) is 6.67. The van der Waals surface area contributed by atoms with Crippen LogP contribution in [0.15, 0.2) is 27.3 Å². The highest BCUT2D eigenvalue weighted by molar-refractivity contribution is 9.10. The molecule has 0 radical (unpaired) electrons. The second kappa shape index (κ2) is 6.46. The molecule has 4 rings (SSSR count). The minimum absolute atomic E-state index is 0.414. The van der Waals surface area contributed by atoms with Gasteiger partial charge in [-0.05, 0) is 48.4 Å². The van der Waals surface area contributed by atoms with Crippen molar-refractivity contribution in [1.82, 2.24) is 10.1 Å². The van der Waals surface area contributed by atoms with Crippen molar-refractivity contribution >= 4 is 15.9 Å². The monoisotopic (exact) mass is 393 g/mol. The van der Waals surface area contributed by atoms with Gasteiger partial charge in [0.1, 0.15) is 0 Å². The third-order valence-corrected chi connectivity index (χ3v) is 5.94. The van der Waals surface area contributed by atoms with Crippen molar-refractivity contribution in [2.45, 2.75) is 32.4 Å². The van der Waals surface area contributed by atoms with E-state index in [1.807, 2.05) is 25.1 Å². The van der Waals surface area contributed by atoms with E-state index in [2.05, 4.69) is 26.0 Å². The largest absolute Gasteiger partial charge is 0.378 e. The van der Waals surface area contributed by atoms with Gasteiger partial charge in [0.25, 0.3) is 0 Å². The number of nitrogens with zero attached hydrogens (tertiary/aromatic N) is 3. The van der Waals surface area contributed by atoms with Crippen LogP contribution in [0.5, 0.6) is 0 Å². The van der Waals surface area contributed by atoms with E-state index in [4.69, 9.17) is 9.37 Å². The molecular weight excluding hydrogens is 374 g/mol. The summed E-state index contributed by atoms with van der Waals surface area (Å²) in [4.78, 5) is 2.87. The Morgan fingerprint density at radius 3 is 3.12 bits per heavy atom. The Morgan fingerprint density at radius 2 is 2.29 bits per heavy atom. The van der Waals surface area contributed by atoms with Gasteiger partial charge in [-0.25, -0.2) is 0 Å². The summed E-state index contributed by atoms with van der Waals surface area (Å²) in [5.41, 5.74) is 3.11. The topological polar surface area (TPSA) is 65.4 Å². The Kier molecular flexibility index (Phi) is 4.32. The zero-order valence-corrected chi connectivity index (χ0v) is 15.2. The molecule has 3 heterocycles. The van der Waals surface area contributed by atoms with Crippen molar-refractivity contribution in [3.8, 4) is 11.3 Å². The fraction of sp³-hybridized carbons (Fsp3) is 0.529. The molecule has 2 saturated heterocycles. The molecule has 2 atom stereocenters. The summed E-state index contributed by atoms with van der Waals surface area (Å²) in [5, 5.41) is 16.1. The van der Waals surface area contributed by atoms with E-state index in [0.717, 1.165) is 48.1 Å². The normalized spacial score (nSPS) is 24.2. The van der Waals surface area contributed by atoms with Gasteiger partial charge in [-0.2, -0.15) is 0 Å². The molecule has 7 heteroatoms. The SMILES string of the molecule is Cc1cc(-c2c(CN3CC[C@@H]4OCC[C@@H]4C3)no[n+]2[O-])ccc1Br. The van der Waals surface area contributed by atoms with Crippen LogP contribution >= 0.6 is 15.9 Å². The summed E-state index contributed by atoms with van der Waals surface area (Å²) in [6.07, 6.45) is 2.59. The zero-order valence-electron chi connectivity index (χ0n) is 13.6. The quantitative estimate of drug-likeness (QED) is 0.749. The van der Waals surface area contributed by atoms with Gasteiger partial charge < -0.3 is 9.94 Å². The van der Waals surface area contributed by atoms with Gasteiger partial charge in [0.15, 0.2) is 0 Å². The number of fused-ring (bicyclic) bond motifs is 1. The predicted octanol–water partition coefficient (Wildman–Crippen LogP) is 2.66. The molecule has 2 aliphatic heterocycles. The minimum Gasteiger partial charge on any atom is -0.378 e. The molecule has 2 aromatic rings. The molecule has 0 unspecified atom stereocenters. The molecule has 128 valence electrons. The number of aromatic nitrogens is 2. The lowest BCUT2D eigenvalue weighted by atomic mass is 9.94. The maximum atomic E-state index is 12.1. The van der Waals surface area contributed by atoms with Crippen LogP contribution in [0.4, 0.5) is 0 Å². The standard InChI is InChI=1S/C17H20BrN3O3/c1-11-8-12(2-3-14(11)18)17-15(19-24-21(17)22)10-20-6-4-16-13(9-20)5-7-23-16/h2-3,8,13,16H,4-7,9-10H2,1H3/t13-,16+/m1/s1. The lowest BCUT2D eigenvalue weighted by molar-refractivity contribution is -0.793. The van der Waals surface area contributed by atoms with E-state index >= 15 is 0 Å². The van der Waals surface area contributed by atoms with Gasteiger partial charge in [-0.15, -0.1) is 0 Å². The minimum atomic E-state index is 0.414. The molecule has 0 bridgehead atoms. The average Bonchev–Trinajstić information content (AvgIpc) is 3.17. The fourth-order valence-corrected chi connectivity index (χ4v) is 4.00. The van der Waals surface area contributed by atoms with Crippen LogP contribution in [-0.4, -0.2) is 35.9 Å². The maximum absolute atomic E-state index is 12.1. The fourth-order valence-electron chi connectivity index (χ4n) is 3.75. The van der Waals surface area contributed by atoms with Crippen LogP contribution in [0.25, 0.3) is 11.3 Å². The molecule has 0 saturated carbocycles. The highest BCUT2D eigenvalue weighted by atomic mass is 79.9. The number of likely N-dealkylation sites (tertiary alicyclic amines) is 1. The number of hydrogen-bond donors (Lipinski definition) is 0. The first-order valence-electron chi connectivity index (χ1n) is 8.31. The van der Waals surface area contributed by atoms with E-state index in [1.165, 1.54) is 0 Å². The average molecular weight is 394 g/mol. The van der Waals surface area contributed by atoms with Crippen LogP contribution < -0.4 is 4.90 Å². The number of halogens is 1. The lowest BCUT2D eigenvalue weighted by Crippen LogP contribution is -2.41. The van der Waals surface area contributed by atoms with E-state index in [1.54, 1.807) is 0 Å². The van der Waals surface area contributed by atoms with Crippen molar-refractivity contribution in [3.05, 3.63) is 39.1 Å². The second-order valence-corrected chi connectivity index (χ2v) is 7.53. The number of hydrogen-bond acceptors (Lipinski definition) is 5. The number of ether oxygens (including phenoxy) is 1. The highest BCUT2D eigenvalue weighted by Crippen LogP contribution is 2.30. The van der Waals surface area contributed by atoms with Crippen LogP contribution in [0.2, 0.25) is 0 Å².